The number of amides is 1. The van der Waals surface area contributed by atoms with Crippen molar-refractivity contribution in [1.82, 2.24) is 4.90 Å². The van der Waals surface area contributed by atoms with Crippen LogP contribution in [0.3, 0.4) is 0 Å². The van der Waals surface area contributed by atoms with Gasteiger partial charge in [0.05, 0.1) is 7.11 Å². The summed E-state index contributed by atoms with van der Waals surface area (Å²) < 4.78 is 9.42. The van der Waals surface area contributed by atoms with Crippen LogP contribution in [0, 0.1) is 0 Å². The first-order valence-corrected chi connectivity index (χ1v) is 4.08. The Morgan fingerprint density at radius 2 is 2.08 bits per heavy atom. The van der Waals surface area contributed by atoms with Gasteiger partial charge in [0.1, 0.15) is 6.73 Å². The monoisotopic (exact) mass is 175 g/mol. The number of carbonyl (C=O) groups excluding carboxylic acids is 1. The first kappa shape index (κ1) is 11.2. The molecule has 0 spiro atoms. The highest BCUT2D eigenvalue weighted by molar-refractivity contribution is 5.67. The Hall–Kier alpha value is -0.770. The van der Waals surface area contributed by atoms with E-state index in [-0.39, 0.29) is 6.09 Å². The number of hydrogen-bond acceptors (Lipinski definition) is 3. The smallest absolute Gasteiger partial charge is 0.411 e. The van der Waals surface area contributed by atoms with E-state index in [1.807, 2.05) is 0 Å². The van der Waals surface area contributed by atoms with Crippen molar-refractivity contribution in [2.45, 2.75) is 19.8 Å². The molecule has 0 aliphatic rings. The van der Waals surface area contributed by atoms with Gasteiger partial charge in [-0.3, -0.25) is 4.90 Å². The van der Waals surface area contributed by atoms with E-state index in [2.05, 4.69) is 11.7 Å². The fourth-order valence-corrected chi connectivity index (χ4v) is 0.842. The zero-order valence-electron chi connectivity index (χ0n) is 8.00. The molecule has 0 aromatic heterocycles. The third-order valence-electron chi connectivity index (χ3n) is 1.50. The Bertz CT molecular complexity index is 127. The van der Waals surface area contributed by atoms with Crippen LogP contribution in [0.1, 0.15) is 19.8 Å². The molecule has 4 heteroatoms. The number of rotatable bonds is 5. The second-order valence-corrected chi connectivity index (χ2v) is 2.50. The molecule has 0 unspecified atom stereocenters. The molecular weight excluding hydrogens is 158 g/mol. The van der Waals surface area contributed by atoms with Crippen LogP contribution in [0.15, 0.2) is 0 Å². The van der Waals surface area contributed by atoms with Crippen molar-refractivity contribution >= 4 is 6.09 Å². The van der Waals surface area contributed by atoms with Gasteiger partial charge in [0.2, 0.25) is 0 Å². The van der Waals surface area contributed by atoms with Crippen LogP contribution in [0.2, 0.25) is 0 Å². The summed E-state index contributed by atoms with van der Waals surface area (Å²) in [5.74, 6) is 0. The molecular formula is C8H17NO3. The van der Waals surface area contributed by atoms with E-state index in [0.717, 1.165) is 12.8 Å². The van der Waals surface area contributed by atoms with Crippen LogP contribution in [0.25, 0.3) is 0 Å². The summed E-state index contributed by atoms with van der Waals surface area (Å²) in [6, 6.07) is 0. The summed E-state index contributed by atoms with van der Waals surface area (Å²) >= 11 is 0. The van der Waals surface area contributed by atoms with Crippen molar-refractivity contribution in [3.05, 3.63) is 0 Å². The van der Waals surface area contributed by atoms with Crippen molar-refractivity contribution in [2.75, 3.05) is 27.5 Å². The molecule has 72 valence electrons. The maximum absolute atomic E-state index is 11.0. The molecule has 0 fully saturated rings. The molecule has 0 bridgehead atoms. The minimum absolute atomic E-state index is 0.298. The molecule has 0 saturated carbocycles. The van der Waals surface area contributed by atoms with Gasteiger partial charge in [-0.15, -0.1) is 0 Å². The van der Waals surface area contributed by atoms with Crippen molar-refractivity contribution in [3.8, 4) is 0 Å². The SMILES string of the molecule is CCCCN(COC)C(=O)OC. The Morgan fingerprint density at radius 3 is 2.50 bits per heavy atom. The van der Waals surface area contributed by atoms with Gasteiger partial charge in [0.15, 0.2) is 0 Å². The third-order valence-corrected chi connectivity index (χ3v) is 1.50. The molecule has 0 N–H and O–H groups in total. The number of nitrogens with zero attached hydrogens (tertiary/aromatic N) is 1. The third kappa shape index (κ3) is 4.18. The molecule has 0 rings (SSSR count). The summed E-state index contributed by atoms with van der Waals surface area (Å²) in [6.07, 6.45) is 1.70. The van der Waals surface area contributed by atoms with Gasteiger partial charge in [-0.25, -0.2) is 4.79 Å². The van der Waals surface area contributed by atoms with Crippen molar-refractivity contribution < 1.29 is 14.3 Å². The maximum Gasteiger partial charge on any atom is 0.411 e. The topological polar surface area (TPSA) is 38.8 Å². The molecule has 0 aromatic carbocycles. The molecule has 0 aliphatic carbocycles. The number of carbonyl (C=O) groups is 1. The largest absolute Gasteiger partial charge is 0.453 e. The molecule has 12 heavy (non-hydrogen) atoms. The lowest BCUT2D eigenvalue weighted by atomic mass is 10.3. The van der Waals surface area contributed by atoms with Gasteiger partial charge in [0, 0.05) is 13.7 Å². The highest BCUT2D eigenvalue weighted by atomic mass is 16.6. The second kappa shape index (κ2) is 6.91. The summed E-state index contributed by atoms with van der Waals surface area (Å²) in [7, 11) is 2.93. The van der Waals surface area contributed by atoms with Gasteiger partial charge in [-0.1, -0.05) is 13.3 Å². The first-order valence-electron chi connectivity index (χ1n) is 4.08. The Labute approximate surface area is 73.4 Å². The van der Waals surface area contributed by atoms with Crippen LogP contribution in [-0.2, 0) is 9.47 Å². The quantitative estimate of drug-likeness (QED) is 0.594. The maximum atomic E-state index is 11.0. The average molecular weight is 175 g/mol. The van der Waals surface area contributed by atoms with E-state index < -0.39 is 0 Å². The Kier molecular flexibility index (Phi) is 6.47. The number of hydrogen-bond donors (Lipinski definition) is 0. The van der Waals surface area contributed by atoms with E-state index in [0.29, 0.717) is 13.3 Å². The summed E-state index contributed by atoms with van der Waals surface area (Å²) in [6.45, 7) is 3.06. The van der Waals surface area contributed by atoms with E-state index in [1.54, 1.807) is 7.11 Å². The van der Waals surface area contributed by atoms with Crippen LogP contribution in [0.4, 0.5) is 4.79 Å². The Balaban J connectivity index is 3.76. The van der Waals surface area contributed by atoms with E-state index in [1.165, 1.54) is 12.0 Å². The molecule has 0 aliphatic heterocycles. The van der Waals surface area contributed by atoms with Crippen LogP contribution >= 0.6 is 0 Å². The molecule has 4 nitrogen and oxygen atoms in total. The highest BCUT2D eigenvalue weighted by Crippen LogP contribution is 1.97. The molecule has 0 atom stereocenters. The zero-order valence-corrected chi connectivity index (χ0v) is 8.00. The van der Waals surface area contributed by atoms with Crippen molar-refractivity contribution in [3.63, 3.8) is 0 Å². The van der Waals surface area contributed by atoms with Crippen LogP contribution in [0.5, 0.6) is 0 Å². The van der Waals surface area contributed by atoms with E-state index in [9.17, 15) is 4.79 Å². The fourth-order valence-electron chi connectivity index (χ4n) is 0.842. The summed E-state index contributed by atoms with van der Waals surface area (Å²) in [5, 5.41) is 0. The summed E-state index contributed by atoms with van der Waals surface area (Å²) in [5.41, 5.74) is 0. The van der Waals surface area contributed by atoms with Gasteiger partial charge in [-0.05, 0) is 6.42 Å². The lowest BCUT2D eigenvalue weighted by Gasteiger charge is -2.19. The minimum atomic E-state index is -0.328. The van der Waals surface area contributed by atoms with Gasteiger partial charge >= 0.3 is 6.09 Å². The number of methoxy groups -OCH3 is 2. The lowest BCUT2D eigenvalue weighted by Crippen LogP contribution is -2.33. The number of unbranched alkanes of at least 4 members (excludes halogenated alkanes) is 1. The predicted molar refractivity (Wildman–Crippen MR) is 45.9 cm³/mol. The second-order valence-electron chi connectivity index (χ2n) is 2.50. The Morgan fingerprint density at radius 1 is 1.42 bits per heavy atom. The van der Waals surface area contributed by atoms with Gasteiger partial charge in [-0.2, -0.15) is 0 Å². The van der Waals surface area contributed by atoms with Crippen LogP contribution in [-0.4, -0.2) is 38.5 Å². The molecule has 1 amide bonds. The van der Waals surface area contributed by atoms with Crippen LogP contribution < -0.4 is 0 Å². The number of ether oxygens (including phenoxy) is 2. The molecule has 0 heterocycles. The van der Waals surface area contributed by atoms with E-state index >= 15 is 0 Å². The highest BCUT2D eigenvalue weighted by Gasteiger charge is 2.11. The zero-order chi connectivity index (χ0) is 9.40. The average Bonchev–Trinajstić information content (AvgIpc) is 2.11. The van der Waals surface area contributed by atoms with Crippen molar-refractivity contribution in [1.29, 1.82) is 0 Å². The van der Waals surface area contributed by atoms with Gasteiger partial charge in [0.25, 0.3) is 0 Å². The lowest BCUT2D eigenvalue weighted by molar-refractivity contribution is 0.0501. The van der Waals surface area contributed by atoms with Crippen molar-refractivity contribution in [2.24, 2.45) is 0 Å². The first-order chi connectivity index (χ1) is 5.76. The van der Waals surface area contributed by atoms with Gasteiger partial charge < -0.3 is 9.47 Å². The molecule has 0 aromatic rings. The molecule has 0 radical (unpaired) electrons. The summed E-state index contributed by atoms with van der Waals surface area (Å²) in [4.78, 5) is 12.6. The normalized spacial score (nSPS) is 9.58. The molecule has 0 saturated heterocycles. The van der Waals surface area contributed by atoms with E-state index in [4.69, 9.17) is 4.74 Å². The fraction of sp³-hybridized carbons (Fsp3) is 0.875. The predicted octanol–water partition coefficient (Wildman–Crippen LogP) is 1.46. The standard InChI is InChI=1S/C8H17NO3/c1-4-5-6-9(7-11-2)8(10)12-3/h4-7H2,1-3H3. The minimum Gasteiger partial charge on any atom is -0.453 e.